The van der Waals surface area contributed by atoms with E-state index in [1.54, 1.807) is 19.1 Å². The molecule has 1 aliphatic rings. The van der Waals surface area contributed by atoms with Crippen LogP contribution in [0.25, 0.3) is 10.9 Å². The molecule has 11 heteroatoms. The van der Waals surface area contributed by atoms with E-state index in [1.165, 1.54) is 30.4 Å². The van der Waals surface area contributed by atoms with Crippen LogP contribution in [0, 0.1) is 0 Å². The molecule has 1 N–H and O–H groups in total. The first kappa shape index (κ1) is 23.6. The monoisotopic (exact) mass is 468 g/mol. The Morgan fingerprint density at radius 1 is 1.21 bits per heavy atom. The van der Waals surface area contributed by atoms with Crippen LogP contribution in [0.2, 0.25) is 0 Å². The van der Waals surface area contributed by atoms with Crippen LogP contribution in [-0.4, -0.2) is 76.9 Å². The lowest BCUT2D eigenvalue weighted by Gasteiger charge is -2.26. The average Bonchev–Trinajstić information content (AvgIpc) is 2.87. The summed E-state index contributed by atoms with van der Waals surface area (Å²) in [5.41, 5.74) is 0.288. The van der Waals surface area contributed by atoms with E-state index in [2.05, 4.69) is 25.2 Å². The first-order valence-corrected chi connectivity index (χ1v) is 11.2. The number of nitrogens with zero attached hydrogens (tertiary/aromatic N) is 5. The maximum absolute atomic E-state index is 13.1. The molecule has 0 aliphatic carbocycles. The first-order chi connectivity index (χ1) is 16.6. The van der Waals surface area contributed by atoms with Gasteiger partial charge in [0, 0.05) is 38.6 Å². The minimum Gasteiger partial charge on any atom is -0.491 e. The lowest BCUT2D eigenvalue weighted by molar-refractivity contribution is 0.0357. The van der Waals surface area contributed by atoms with E-state index in [1.807, 2.05) is 0 Å². The molecular formula is C23H28N6O5. The molecule has 34 heavy (non-hydrogen) atoms. The molecule has 1 aliphatic heterocycles. The molecule has 0 spiro atoms. The van der Waals surface area contributed by atoms with Gasteiger partial charge in [-0.2, -0.15) is 0 Å². The maximum Gasteiger partial charge on any atom is 0.262 e. The van der Waals surface area contributed by atoms with E-state index < -0.39 is 5.91 Å². The van der Waals surface area contributed by atoms with Gasteiger partial charge in [-0.1, -0.05) is 0 Å². The van der Waals surface area contributed by atoms with E-state index >= 15 is 0 Å². The zero-order valence-electron chi connectivity index (χ0n) is 19.3. The van der Waals surface area contributed by atoms with E-state index in [0.717, 1.165) is 39.3 Å². The largest absolute Gasteiger partial charge is 0.491 e. The maximum atomic E-state index is 13.1. The number of hydrogen-bond donors (Lipinski definition) is 1. The number of carbonyl (C=O) groups is 1. The van der Waals surface area contributed by atoms with Crippen molar-refractivity contribution in [2.75, 3.05) is 51.9 Å². The number of amides is 1. The summed E-state index contributed by atoms with van der Waals surface area (Å²) < 4.78 is 18.3. The number of benzene rings is 1. The third-order valence-corrected chi connectivity index (χ3v) is 5.59. The summed E-state index contributed by atoms with van der Waals surface area (Å²) in [6, 6.07) is 3.39. The highest BCUT2D eigenvalue weighted by Crippen LogP contribution is 2.34. The summed E-state index contributed by atoms with van der Waals surface area (Å²) in [4.78, 5) is 40.4. The van der Waals surface area contributed by atoms with Crippen molar-refractivity contribution in [3.63, 3.8) is 0 Å². The molecule has 11 nitrogen and oxygen atoms in total. The Hall–Kier alpha value is -3.57. The van der Waals surface area contributed by atoms with Gasteiger partial charge in [-0.15, -0.1) is 0 Å². The van der Waals surface area contributed by atoms with Gasteiger partial charge in [-0.25, -0.2) is 15.0 Å². The molecule has 2 aromatic heterocycles. The van der Waals surface area contributed by atoms with E-state index in [0.29, 0.717) is 35.6 Å². The summed E-state index contributed by atoms with van der Waals surface area (Å²) in [7, 11) is 1.50. The number of fused-ring (bicyclic) bond motifs is 1. The fraction of sp³-hybridized carbons (Fsp3) is 0.435. The lowest BCUT2D eigenvalue weighted by Crippen LogP contribution is -2.37. The van der Waals surface area contributed by atoms with Gasteiger partial charge in [0.2, 0.25) is 5.95 Å². The van der Waals surface area contributed by atoms with Gasteiger partial charge in [0.15, 0.2) is 11.5 Å². The molecule has 0 unspecified atom stereocenters. The molecule has 1 amide bonds. The summed E-state index contributed by atoms with van der Waals surface area (Å²) in [5, 5.41) is 3.07. The Labute approximate surface area is 196 Å². The quantitative estimate of drug-likeness (QED) is 0.467. The highest BCUT2D eigenvalue weighted by Gasteiger charge is 2.19. The second-order valence-electron chi connectivity index (χ2n) is 7.72. The van der Waals surface area contributed by atoms with E-state index in [-0.39, 0.29) is 17.1 Å². The predicted molar refractivity (Wildman–Crippen MR) is 126 cm³/mol. The third kappa shape index (κ3) is 5.15. The van der Waals surface area contributed by atoms with Gasteiger partial charge < -0.3 is 14.2 Å². The number of anilines is 1. The SMILES string of the molecule is CCn1c(NC(=O)c2cncnc2)nc2c(OC)c(OCCCN3CCOCC3)ccc2c1=O. The molecule has 3 heterocycles. The minimum absolute atomic E-state index is 0.108. The Morgan fingerprint density at radius 3 is 2.68 bits per heavy atom. The summed E-state index contributed by atoms with van der Waals surface area (Å²) in [6.45, 7) is 6.91. The van der Waals surface area contributed by atoms with Crippen molar-refractivity contribution in [3.05, 3.63) is 46.8 Å². The fourth-order valence-electron chi connectivity index (χ4n) is 3.83. The van der Waals surface area contributed by atoms with Crippen molar-refractivity contribution < 1.29 is 19.0 Å². The van der Waals surface area contributed by atoms with Gasteiger partial charge in [0.05, 0.1) is 37.9 Å². The summed E-state index contributed by atoms with van der Waals surface area (Å²) >= 11 is 0. The zero-order valence-corrected chi connectivity index (χ0v) is 19.3. The molecule has 0 radical (unpaired) electrons. The third-order valence-electron chi connectivity index (χ3n) is 5.59. The number of methoxy groups -OCH3 is 1. The van der Waals surface area contributed by atoms with E-state index in [4.69, 9.17) is 14.2 Å². The molecule has 4 rings (SSSR count). The Balaban J connectivity index is 1.58. The van der Waals surface area contributed by atoms with Crippen LogP contribution in [-0.2, 0) is 11.3 Å². The van der Waals surface area contributed by atoms with Gasteiger partial charge in [-0.3, -0.25) is 24.4 Å². The number of aromatic nitrogens is 4. The smallest absolute Gasteiger partial charge is 0.262 e. The standard InChI is InChI=1S/C23H28N6O5/c1-3-29-22(31)17-5-6-18(34-10-4-7-28-8-11-33-12-9-28)20(32-2)19(17)26-23(29)27-21(30)16-13-24-15-25-14-16/h5-6,13-15H,3-4,7-12H2,1-2H3,(H,26,27,30). The number of rotatable bonds is 9. The number of ether oxygens (including phenoxy) is 3. The molecule has 1 saturated heterocycles. The van der Waals surface area contributed by atoms with E-state index in [9.17, 15) is 9.59 Å². The van der Waals surface area contributed by atoms with Crippen molar-refractivity contribution >= 4 is 22.8 Å². The van der Waals surface area contributed by atoms with Crippen molar-refractivity contribution in [1.82, 2.24) is 24.4 Å². The Bertz CT molecular complexity index is 1190. The highest BCUT2D eigenvalue weighted by atomic mass is 16.5. The molecule has 3 aromatic rings. The molecular weight excluding hydrogens is 440 g/mol. The molecule has 0 saturated carbocycles. The normalized spacial score (nSPS) is 14.2. The average molecular weight is 469 g/mol. The minimum atomic E-state index is -0.469. The van der Waals surface area contributed by atoms with Crippen LogP contribution in [0.1, 0.15) is 23.7 Å². The van der Waals surface area contributed by atoms with Crippen molar-refractivity contribution in [2.24, 2.45) is 0 Å². The van der Waals surface area contributed by atoms with Crippen LogP contribution in [0.4, 0.5) is 5.95 Å². The molecule has 0 bridgehead atoms. The van der Waals surface area contributed by atoms with Crippen molar-refractivity contribution in [2.45, 2.75) is 19.9 Å². The number of nitrogens with one attached hydrogen (secondary N) is 1. The molecule has 180 valence electrons. The summed E-state index contributed by atoms with van der Waals surface area (Å²) in [5.74, 6) is 0.481. The Morgan fingerprint density at radius 2 is 1.97 bits per heavy atom. The van der Waals surface area contributed by atoms with Crippen molar-refractivity contribution in [3.8, 4) is 11.5 Å². The molecule has 0 atom stereocenters. The highest BCUT2D eigenvalue weighted by molar-refractivity contribution is 6.03. The lowest BCUT2D eigenvalue weighted by atomic mass is 10.2. The number of morpholine rings is 1. The van der Waals surface area contributed by atoms with Gasteiger partial charge in [0.25, 0.3) is 11.5 Å². The van der Waals surface area contributed by atoms with Crippen LogP contribution >= 0.6 is 0 Å². The zero-order chi connectivity index (χ0) is 23.9. The first-order valence-electron chi connectivity index (χ1n) is 11.2. The summed E-state index contributed by atoms with van der Waals surface area (Å²) in [6.07, 6.45) is 4.95. The Kier molecular flexibility index (Phi) is 7.65. The van der Waals surface area contributed by atoms with Crippen LogP contribution in [0.5, 0.6) is 11.5 Å². The van der Waals surface area contributed by atoms with Crippen molar-refractivity contribution in [1.29, 1.82) is 0 Å². The topological polar surface area (TPSA) is 121 Å². The van der Waals surface area contributed by atoms with Gasteiger partial charge in [-0.05, 0) is 25.5 Å². The predicted octanol–water partition coefficient (Wildman–Crippen LogP) is 1.57. The van der Waals surface area contributed by atoms with Gasteiger partial charge in [0.1, 0.15) is 11.8 Å². The number of carbonyl (C=O) groups excluding carboxylic acids is 1. The fourth-order valence-corrected chi connectivity index (χ4v) is 3.83. The molecule has 1 fully saturated rings. The second-order valence-corrected chi connectivity index (χ2v) is 7.72. The molecule has 1 aromatic carbocycles. The van der Waals surface area contributed by atoms with Crippen LogP contribution < -0.4 is 20.3 Å². The van der Waals surface area contributed by atoms with Crippen LogP contribution in [0.3, 0.4) is 0 Å². The van der Waals surface area contributed by atoms with Gasteiger partial charge >= 0.3 is 0 Å². The van der Waals surface area contributed by atoms with Crippen LogP contribution in [0.15, 0.2) is 35.6 Å². The second kappa shape index (κ2) is 11.0. The number of hydrogen-bond acceptors (Lipinski definition) is 9.